The Morgan fingerprint density at radius 1 is 0.848 bits per heavy atom. The summed E-state index contributed by atoms with van der Waals surface area (Å²) in [6, 6.07) is 13.5. The number of aliphatic hydroxyl groups is 1. The van der Waals surface area contributed by atoms with Gasteiger partial charge in [-0.15, -0.1) is 0 Å². The normalized spacial score (nSPS) is 15.3. The fourth-order valence-corrected chi connectivity index (χ4v) is 3.80. The van der Waals surface area contributed by atoms with Crippen LogP contribution in [0, 0.1) is 0 Å². The standard InChI is InChI=1S/C27H21NO5/c29-16-6-5-15-28-17(11-13-22-24(30)18-7-1-2-8-19(18)25(22)31)12-14-23-26(32)20-9-3-4-10-21(20)27(23)33/h1-4,7-14,16,28,30H,5-6,15H2/b13-11+,17-12-. The minimum Gasteiger partial charge on any atom is -0.507 e. The predicted molar refractivity (Wildman–Crippen MR) is 124 cm³/mol. The van der Waals surface area contributed by atoms with Gasteiger partial charge in [0.05, 0.1) is 11.1 Å². The molecule has 0 spiro atoms. The van der Waals surface area contributed by atoms with Gasteiger partial charge in [0.2, 0.25) is 0 Å². The van der Waals surface area contributed by atoms with Crippen molar-refractivity contribution < 1.29 is 24.3 Å². The molecule has 0 aliphatic heterocycles. The van der Waals surface area contributed by atoms with Gasteiger partial charge in [0.25, 0.3) is 0 Å². The number of hydrogen-bond donors (Lipinski definition) is 2. The van der Waals surface area contributed by atoms with Crippen molar-refractivity contribution in [1.29, 1.82) is 0 Å². The number of nitrogens with one attached hydrogen (secondary N) is 1. The second kappa shape index (κ2) is 9.44. The molecule has 0 atom stereocenters. The Morgan fingerprint density at radius 3 is 2.00 bits per heavy atom. The minimum atomic E-state index is -0.335. The Labute approximate surface area is 190 Å². The lowest BCUT2D eigenvalue weighted by molar-refractivity contribution is -0.107. The van der Waals surface area contributed by atoms with Gasteiger partial charge in [0.15, 0.2) is 17.3 Å². The van der Waals surface area contributed by atoms with Gasteiger partial charge in [-0.05, 0) is 30.7 Å². The lowest BCUT2D eigenvalue weighted by Crippen LogP contribution is -2.14. The average Bonchev–Trinajstić information content (AvgIpc) is 3.23. The summed E-state index contributed by atoms with van der Waals surface area (Å²) >= 11 is 0. The number of Topliss-reactive ketones (excluding diaryl/α,β-unsaturated/α-hetero) is 3. The lowest BCUT2D eigenvalue weighted by Gasteiger charge is -2.06. The summed E-state index contributed by atoms with van der Waals surface area (Å²) in [6.07, 6.45) is 7.94. The fourth-order valence-electron chi connectivity index (χ4n) is 3.80. The van der Waals surface area contributed by atoms with E-state index in [9.17, 15) is 24.3 Å². The molecule has 2 N–H and O–H groups in total. The summed E-state index contributed by atoms with van der Waals surface area (Å²) in [6.45, 7) is 0.472. The molecule has 0 fully saturated rings. The second-order valence-corrected chi connectivity index (χ2v) is 7.61. The van der Waals surface area contributed by atoms with Crippen molar-refractivity contribution in [2.45, 2.75) is 12.8 Å². The van der Waals surface area contributed by atoms with E-state index < -0.39 is 0 Å². The number of unbranched alkanes of at least 4 members (excludes halogenated alkanes) is 1. The zero-order valence-electron chi connectivity index (χ0n) is 17.7. The Hall–Kier alpha value is -4.32. The molecule has 2 aliphatic carbocycles. The van der Waals surface area contributed by atoms with Crippen molar-refractivity contribution in [3.63, 3.8) is 0 Å². The molecule has 0 heterocycles. The molecule has 0 amide bonds. The van der Waals surface area contributed by atoms with E-state index in [0.717, 1.165) is 6.29 Å². The zero-order chi connectivity index (χ0) is 23.4. The van der Waals surface area contributed by atoms with Gasteiger partial charge in [0, 0.05) is 40.9 Å². The van der Waals surface area contributed by atoms with E-state index in [2.05, 4.69) is 5.32 Å². The predicted octanol–water partition coefficient (Wildman–Crippen LogP) is 4.17. The monoisotopic (exact) mass is 439 g/mol. The molecule has 0 saturated heterocycles. The highest BCUT2D eigenvalue weighted by Gasteiger charge is 2.32. The smallest absolute Gasteiger partial charge is 0.197 e. The highest BCUT2D eigenvalue weighted by molar-refractivity contribution is 6.39. The van der Waals surface area contributed by atoms with E-state index in [4.69, 9.17) is 0 Å². The quantitative estimate of drug-likeness (QED) is 0.211. The van der Waals surface area contributed by atoms with Crippen LogP contribution in [0.5, 0.6) is 0 Å². The number of carbonyl (C=O) groups is 4. The summed E-state index contributed by atoms with van der Waals surface area (Å²) in [5.41, 5.74) is 2.40. The molecule has 164 valence electrons. The Bertz CT molecular complexity index is 1260. The van der Waals surface area contributed by atoms with E-state index >= 15 is 0 Å². The number of fused-ring (bicyclic) bond motifs is 2. The minimum absolute atomic E-state index is 0.0585. The van der Waals surface area contributed by atoms with E-state index in [1.165, 1.54) is 12.2 Å². The highest BCUT2D eigenvalue weighted by Crippen LogP contribution is 2.31. The first-order valence-corrected chi connectivity index (χ1v) is 10.6. The van der Waals surface area contributed by atoms with E-state index in [-0.39, 0.29) is 34.3 Å². The molecule has 0 bridgehead atoms. The molecule has 0 unspecified atom stereocenters. The number of allylic oxidation sites excluding steroid dienone is 6. The number of rotatable bonds is 8. The first-order valence-electron chi connectivity index (χ1n) is 10.6. The third kappa shape index (κ3) is 4.23. The van der Waals surface area contributed by atoms with Crippen LogP contribution in [0.15, 0.2) is 89.7 Å². The Kier molecular flexibility index (Phi) is 6.26. The van der Waals surface area contributed by atoms with Crippen LogP contribution in [0.25, 0.3) is 5.76 Å². The van der Waals surface area contributed by atoms with Crippen LogP contribution in [-0.4, -0.2) is 35.3 Å². The van der Waals surface area contributed by atoms with Gasteiger partial charge in [-0.3, -0.25) is 14.4 Å². The van der Waals surface area contributed by atoms with Crippen molar-refractivity contribution in [3.8, 4) is 0 Å². The number of benzene rings is 2. The molecule has 33 heavy (non-hydrogen) atoms. The summed E-state index contributed by atoms with van der Waals surface area (Å²) in [5, 5.41) is 13.6. The average molecular weight is 439 g/mol. The molecular weight excluding hydrogens is 418 g/mol. The third-order valence-corrected chi connectivity index (χ3v) is 5.52. The van der Waals surface area contributed by atoms with Gasteiger partial charge in [-0.25, -0.2) is 0 Å². The van der Waals surface area contributed by atoms with Crippen LogP contribution < -0.4 is 5.32 Å². The Balaban J connectivity index is 1.62. The van der Waals surface area contributed by atoms with Gasteiger partial charge < -0.3 is 15.2 Å². The Morgan fingerprint density at radius 2 is 1.42 bits per heavy atom. The number of ketones is 3. The molecule has 2 aromatic rings. The summed E-state index contributed by atoms with van der Waals surface area (Å²) in [7, 11) is 0. The molecule has 0 aromatic heterocycles. The van der Waals surface area contributed by atoms with Crippen LogP contribution in [0.2, 0.25) is 0 Å². The van der Waals surface area contributed by atoms with Crippen LogP contribution in [0.4, 0.5) is 0 Å². The van der Waals surface area contributed by atoms with Crippen LogP contribution in [-0.2, 0) is 4.79 Å². The molecule has 6 nitrogen and oxygen atoms in total. The largest absolute Gasteiger partial charge is 0.507 e. The maximum Gasteiger partial charge on any atom is 0.197 e. The van der Waals surface area contributed by atoms with Crippen LogP contribution in [0.3, 0.4) is 0 Å². The van der Waals surface area contributed by atoms with Crippen molar-refractivity contribution in [2.24, 2.45) is 0 Å². The van der Waals surface area contributed by atoms with Crippen molar-refractivity contribution >= 4 is 29.4 Å². The molecule has 0 saturated carbocycles. The molecule has 4 rings (SSSR count). The number of carbonyl (C=O) groups excluding carboxylic acids is 4. The van der Waals surface area contributed by atoms with Gasteiger partial charge >= 0.3 is 0 Å². The molecule has 0 radical (unpaired) electrons. The maximum absolute atomic E-state index is 12.6. The van der Waals surface area contributed by atoms with Crippen LogP contribution in [0.1, 0.15) is 49.5 Å². The van der Waals surface area contributed by atoms with Crippen molar-refractivity contribution in [2.75, 3.05) is 6.54 Å². The summed E-state index contributed by atoms with van der Waals surface area (Å²) in [4.78, 5) is 48.5. The summed E-state index contributed by atoms with van der Waals surface area (Å²) in [5.74, 6) is -1.05. The first-order chi connectivity index (χ1) is 16.0. The van der Waals surface area contributed by atoms with Gasteiger partial charge in [0.1, 0.15) is 12.0 Å². The number of hydrogen-bond acceptors (Lipinski definition) is 6. The molecule has 6 heteroatoms. The number of aldehydes is 1. The SMILES string of the molecule is O=CCCCNC(=C\C=C1C(=O)c2ccccc2C1=O)/C=C/C1=C(O)c2ccccc2C1=O. The van der Waals surface area contributed by atoms with E-state index in [0.29, 0.717) is 47.3 Å². The lowest BCUT2D eigenvalue weighted by atomic mass is 10.1. The molecule has 2 aromatic carbocycles. The van der Waals surface area contributed by atoms with Gasteiger partial charge in [-0.1, -0.05) is 48.5 Å². The molecule has 2 aliphatic rings. The van der Waals surface area contributed by atoms with E-state index in [1.807, 2.05) is 0 Å². The fraction of sp³-hybridized carbons (Fsp3) is 0.111. The first kappa shape index (κ1) is 21.9. The summed E-state index contributed by atoms with van der Waals surface area (Å²) < 4.78 is 0. The topological polar surface area (TPSA) is 101 Å². The highest BCUT2D eigenvalue weighted by atomic mass is 16.3. The maximum atomic E-state index is 12.6. The third-order valence-electron chi connectivity index (χ3n) is 5.52. The molecular formula is C27H21NO5. The van der Waals surface area contributed by atoms with Crippen LogP contribution >= 0.6 is 0 Å². The second-order valence-electron chi connectivity index (χ2n) is 7.61. The van der Waals surface area contributed by atoms with E-state index in [1.54, 1.807) is 60.7 Å². The number of aliphatic hydroxyl groups excluding tert-OH is 1. The van der Waals surface area contributed by atoms with Gasteiger partial charge in [-0.2, -0.15) is 0 Å². The zero-order valence-corrected chi connectivity index (χ0v) is 17.7. The van der Waals surface area contributed by atoms with Crippen molar-refractivity contribution in [1.82, 2.24) is 5.32 Å². The van der Waals surface area contributed by atoms with Crippen molar-refractivity contribution in [3.05, 3.63) is 112 Å².